The summed E-state index contributed by atoms with van der Waals surface area (Å²) in [5.41, 5.74) is 0.623. The molecule has 1 fully saturated rings. The molecule has 1 saturated carbocycles. The number of rotatable bonds is 18. The molecule has 48 heavy (non-hydrogen) atoms. The highest BCUT2D eigenvalue weighted by Crippen LogP contribution is 2.32. The molecule has 2 aliphatic rings. The molecule has 3 rings (SSSR count). The topological polar surface area (TPSA) is 218 Å². The van der Waals surface area contributed by atoms with E-state index in [1.807, 2.05) is 0 Å². The van der Waals surface area contributed by atoms with Gasteiger partial charge in [0, 0.05) is 50.3 Å². The maximum atomic E-state index is 12.5. The number of nitrogens with one attached hydrogen (secondary N) is 1. The Balaban J connectivity index is 1.41. The first-order chi connectivity index (χ1) is 22.7. The fraction of sp³-hybridized carbons (Fsp3) is 0.606. The second-order valence-corrected chi connectivity index (χ2v) is 12.7. The summed E-state index contributed by atoms with van der Waals surface area (Å²) in [5, 5.41) is 42.9. The molecule has 0 aromatic heterocycles. The van der Waals surface area contributed by atoms with Crippen LogP contribution in [0.5, 0.6) is 5.75 Å². The van der Waals surface area contributed by atoms with Crippen LogP contribution in [0, 0.1) is 11.3 Å². The van der Waals surface area contributed by atoms with Crippen molar-refractivity contribution in [3.63, 3.8) is 0 Å². The van der Waals surface area contributed by atoms with Gasteiger partial charge in [-0.05, 0) is 51.3 Å². The van der Waals surface area contributed by atoms with Crippen LogP contribution in [0.15, 0.2) is 30.4 Å². The number of carboxylic acid groups (broad SMARTS) is 1. The molecule has 15 nitrogen and oxygen atoms in total. The lowest BCUT2D eigenvalue weighted by Gasteiger charge is -2.38. The first kappa shape index (κ1) is 38.6. The number of carbonyl (C=O) groups excluding carboxylic acids is 4. The Morgan fingerprint density at radius 3 is 2.25 bits per heavy atom. The predicted octanol–water partition coefficient (Wildman–Crippen LogP) is 0.108. The predicted molar refractivity (Wildman–Crippen MR) is 167 cm³/mol. The molecule has 0 spiro atoms. The molecule has 0 radical (unpaired) electrons. The normalized spacial score (nSPS) is 22.5. The van der Waals surface area contributed by atoms with Crippen LogP contribution in [0.4, 0.5) is 0 Å². The lowest BCUT2D eigenvalue weighted by Crippen LogP contribution is -2.57. The van der Waals surface area contributed by atoms with Crippen molar-refractivity contribution < 1.29 is 63.3 Å². The number of imide groups is 1. The lowest BCUT2D eigenvalue weighted by molar-refractivity contribution is -0.175. The third kappa shape index (κ3) is 11.4. The van der Waals surface area contributed by atoms with Gasteiger partial charge in [0.15, 0.2) is 0 Å². The number of carboxylic acids is 1. The van der Waals surface area contributed by atoms with Crippen LogP contribution in [-0.2, 0) is 51.2 Å². The Morgan fingerprint density at radius 2 is 1.60 bits per heavy atom. The van der Waals surface area contributed by atoms with E-state index in [0.717, 1.165) is 10.5 Å². The number of esters is 1. The van der Waals surface area contributed by atoms with Crippen molar-refractivity contribution in [3.05, 3.63) is 41.5 Å². The van der Waals surface area contributed by atoms with E-state index in [4.69, 9.17) is 18.9 Å². The molecule has 1 heterocycles. The van der Waals surface area contributed by atoms with Gasteiger partial charge in [-0.1, -0.05) is 6.07 Å². The molecular formula is C33H46N2O13. The number of aryl methyl sites for hydroxylation is 1. The van der Waals surface area contributed by atoms with Crippen molar-refractivity contribution >= 4 is 29.7 Å². The van der Waals surface area contributed by atoms with Crippen molar-refractivity contribution in [1.82, 2.24) is 10.2 Å². The molecule has 5 N–H and O–H groups in total. The molecule has 0 unspecified atom stereocenters. The van der Waals surface area contributed by atoms with Gasteiger partial charge in [-0.2, -0.15) is 0 Å². The van der Waals surface area contributed by atoms with Gasteiger partial charge in [-0.25, -0.2) is 0 Å². The van der Waals surface area contributed by atoms with Crippen molar-refractivity contribution in [1.29, 1.82) is 0 Å². The number of aliphatic carboxylic acids is 1. The van der Waals surface area contributed by atoms with Gasteiger partial charge in [0.1, 0.15) is 30.7 Å². The Kier molecular flexibility index (Phi) is 14.5. The van der Waals surface area contributed by atoms with Gasteiger partial charge in [0.25, 0.3) is 11.8 Å². The summed E-state index contributed by atoms with van der Waals surface area (Å²) in [5.74, 6) is -4.01. The molecule has 1 aromatic rings. The third-order valence-electron chi connectivity index (χ3n) is 7.83. The van der Waals surface area contributed by atoms with Gasteiger partial charge < -0.3 is 44.7 Å². The number of benzene rings is 1. The maximum Gasteiger partial charge on any atom is 0.311 e. The van der Waals surface area contributed by atoms with Crippen LogP contribution >= 0.6 is 0 Å². The van der Waals surface area contributed by atoms with Crippen LogP contribution < -0.4 is 10.1 Å². The van der Waals surface area contributed by atoms with Crippen LogP contribution in [0.25, 0.3) is 0 Å². The SMILES string of the molecule is CC(C)(C)C(=O)OCc1cc(CCCOCCOCCNC(=O)CCN2C(=O)C=CC2=O)ccc1O[C@@H]1C[C@H](C(=O)O)[C@@H](O)[C@H](O)[C@H]1O. The largest absolute Gasteiger partial charge is 0.487 e. The number of amides is 3. The zero-order chi connectivity index (χ0) is 35.4. The molecule has 1 aliphatic carbocycles. The summed E-state index contributed by atoms with van der Waals surface area (Å²) >= 11 is 0. The summed E-state index contributed by atoms with van der Waals surface area (Å²) in [6, 6.07) is 5.20. The first-order valence-corrected chi connectivity index (χ1v) is 15.9. The highest BCUT2D eigenvalue weighted by atomic mass is 16.5. The van der Waals surface area contributed by atoms with Gasteiger partial charge in [0.2, 0.25) is 5.91 Å². The molecule has 266 valence electrons. The summed E-state index contributed by atoms with van der Waals surface area (Å²) in [4.78, 5) is 60.0. The molecule has 3 amide bonds. The lowest BCUT2D eigenvalue weighted by atomic mass is 9.80. The maximum absolute atomic E-state index is 12.5. The summed E-state index contributed by atoms with van der Waals surface area (Å²) in [6.07, 6.45) is -2.66. The van der Waals surface area contributed by atoms with E-state index in [1.165, 1.54) is 12.2 Å². The van der Waals surface area contributed by atoms with Crippen molar-refractivity contribution in [3.8, 4) is 5.75 Å². The van der Waals surface area contributed by atoms with E-state index in [-0.39, 0.29) is 50.8 Å². The van der Waals surface area contributed by atoms with Crippen molar-refractivity contribution in [2.45, 2.75) is 77.5 Å². The van der Waals surface area contributed by atoms with Crippen LogP contribution in [0.2, 0.25) is 0 Å². The van der Waals surface area contributed by atoms with E-state index in [0.29, 0.717) is 38.2 Å². The smallest absolute Gasteiger partial charge is 0.311 e. The second kappa shape index (κ2) is 18.0. The average Bonchev–Trinajstić information content (AvgIpc) is 3.36. The molecule has 0 saturated heterocycles. The molecule has 0 bridgehead atoms. The summed E-state index contributed by atoms with van der Waals surface area (Å²) in [6.45, 7) is 6.65. The fourth-order valence-electron chi connectivity index (χ4n) is 5.01. The zero-order valence-corrected chi connectivity index (χ0v) is 27.5. The highest BCUT2D eigenvalue weighted by molar-refractivity contribution is 6.13. The second-order valence-electron chi connectivity index (χ2n) is 12.7. The minimum Gasteiger partial charge on any atom is -0.487 e. The van der Waals surface area contributed by atoms with Crippen LogP contribution in [0.1, 0.15) is 51.2 Å². The molecule has 5 atom stereocenters. The fourth-order valence-corrected chi connectivity index (χ4v) is 5.01. The third-order valence-corrected chi connectivity index (χ3v) is 7.83. The number of aliphatic hydroxyl groups is 3. The van der Waals surface area contributed by atoms with Crippen LogP contribution in [-0.4, -0.2) is 119 Å². The summed E-state index contributed by atoms with van der Waals surface area (Å²) in [7, 11) is 0. The van der Waals surface area contributed by atoms with E-state index < -0.39 is 59.5 Å². The minimum atomic E-state index is -1.71. The number of nitrogens with zero attached hydrogens (tertiary/aromatic N) is 1. The van der Waals surface area contributed by atoms with Gasteiger partial charge in [-0.3, -0.25) is 28.9 Å². The van der Waals surface area contributed by atoms with Gasteiger partial charge >= 0.3 is 11.9 Å². The van der Waals surface area contributed by atoms with E-state index in [2.05, 4.69) is 5.32 Å². The van der Waals surface area contributed by atoms with E-state index in [9.17, 15) is 44.4 Å². The molecule has 15 heteroatoms. The quantitative estimate of drug-likeness (QED) is 0.0792. The summed E-state index contributed by atoms with van der Waals surface area (Å²) < 4.78 is 22.5. The average molecular weight is 679 g/mol. The number of aliphatic hydroxyl groups excluding tert-OH is 3. The zero-order valence-electron chi connectivity index (χ0n) is 27.5. The monoisotopic (exact) mass is 678 g/mol. The molecular weight excluding hydrogens is 632 g/mol. The van der Waals surface area contributed by atoms with Crippen molar-refractivity contribution in [2.75, 3.05) is 39.5 Å². The van der Waals surface area contributed by atoms with Gasteiger partial charge in [0.05, 0.1) is 37.3 Å². The standard InChI is InChI=1S/C33H46N2O13/c1-33(2,3)32(44)47-19-21-17-20(6-7-23(21)48-24-18-22(31(42)43)28(39)30(41)29(24)40)5-4-13-45-15-16-46-14-11-34-25(36)10-12-35-26(37)8-9-27(35)38/h6-9,17,22,24,28-30,39-41H,4-5,10-16,18-19H2,1-3H3,(H,34,36)(H,42,43)/t22-,24+,28+,29-,30-/m0/s1. The highest BCUT2D eigenvalue weighted by Gasteiger charge is 2.47. The number of carbonyl (C=O) groups is 5. The Bertz CT molecular complexity index is 1310. The van der Waals surface area contributed by atoms with E-state index >= 15 is 0 Å². The first-order valence-electron chi connectivity index (χ1n) is 15.9. The van der Waals surface area contributed by atoms with Gasteiger partial charge in [-0.15, -0.1) is 0 Å². The number of hydrogen-bond acceptors (Lipinski definition) is 12. The van der Waals surface area contributed by atoms with Crippen LogP contribution in [0.3, 0.4) is 0 Å². The van der Waals surface area contributed by atoms with Crippen molar-refractivity contribution in [2.24, 2.45) is 11.3 Å². The molecule has 1 aliphatic heterocycles. The Morgan fingerprint density at radius 1 is 0.938 bits per heavy atom. The number of ether oxygens (including phenoxy) is 4. The van der Waals surface area contributed by atoms with E-state index in [1.54, 1.807) is 39.0 Å². The molecule has 1 aromatic carbocycles. The minimum absolute atomic E-state index is 0.00752. The Hall–Kier alpha value is -3.89. The number of hydrogen-bond donors (Lipinski definition) is 5. The Labute approximate surface area is 278 Å².